The Morgan fingerprint density at radius 2 is 2.00 bits per heavy atom. The summed E-state index contributed by atoms with van der Waals surface area (Å²) in [5.74, 6) is 1.31. The van der Waals surface area contributed by atoms with E-state index in [2.05, 4.69) is 11.4 Å². The molecule has 0 aromatic heterocycles. The lowest BCUT2D eigenvalue weighted by molar-refractivity contribution is 0.171. The van der Waals surface area contributed by atoms with Gasteiger partial charge in [-0.05, 0) is 29.8 Å². The molecular weight excluding hydrogens is 306 g/mol. The molecule has 3 rings (SSSR count). The van der Waals surface area contributed by atoms with Crippen LogP contribution in [0.2, 0.25) is 0 Å². The molecule has 0 spiro atoms. The monoisotopic (exact) mass is 323 g/mol. The second-order valence-corrected chi connectivity index (χ2v) is 5.46. The zero-order valence-electron chi connectivity index (χ0n) is 13.3. The van der Waals surface area contributed by atoms with Gasteiger partial charge in [-0.25, -0.2) is 4.79 Å². The molecule has 1 N–H and O–H groups in total. The molecule has 122 valence electrons. The number of hydrogen-bond donors (Lipinski definition) is 1. The first-order valence-electron chi connectivity index (χ1n) is 7.56. The highest BCUT2D eigenvalue weighted by molar-refractivity contribution is 5.89. The van der Waals surface area contributed by atoms with Crippen molar-refractivity contribution in [1.29, 1.82) is 5.26 Å². The Morgan fingerprint density at radius 3 is 2.79 bits per heavy atom. The number of rotatable bonds is 3. The molecule has 1 aliphatic heterocycles. The lowest BCUT2D eigenvalue weighted by atomic mass is 10.1. The van der Waals surface area contributed by atoms with Crippen LogP contribution in [0.3, 0.4) is 0 Å². The second kappa shape index (κ2) is 6.92. The normalized spacial score (nSPS) is 12.2. The Labute approximate surface area is 140 Å². The summed E-state index contributed by atoms with van der Waals surface area (Å²) in [6.45, 7) is 1.44. The van der Waals surface area contributed by atoms with Crippen molar-refractivity contribution >= 4 is 11.7 Å². The molecule has 0 saturated heterocycles. The highest BCUT2D eigenvalue weighted by Crippen LogP contribution is 2.32. The van der Waals surface area contributed by atoms with Crippen LogP contribution in [-0.4, -0.2) is 31.2 Å². The van der Waals surface area contributed by atoms with E-state index in [1.807, 2.05) is 6.07 Å². The fourth-order valence-corrected chi connectivity index (χ4v) is 2.42. The maximum Gasteiger partial charge on any atom is 0.321 e. The minimum absolute atomic E-state index is 0.242. The van der Waals surface area contributed by atoms with Crippen molar-refractivity contribution in [3.05, 3.63) is 53.6 Å². The summed E-state index contributed by atoms with van der Waals surface area (Å²) >= 11 is 0. The number of ether oxygens (including phenoxy) is 2. The summed E-state index contributed by atoms with van der Waals surface area (Å²) in [5.41, 5.74) is 2.11. The van der Waals surface area contributed by atoms with E-state index in [-0.39, 0.29) is 6.03 Å². The van der Waals surface area contributed by atoms with Crippen molar-refractivity contribution in [2.45, 2.75) is 6.54 Å². The molecule has 0 fully saturated rings. The van der Waals surface area contributed by atoms with Crippen LogP contribution < -0.4 is 14.8 Å². The smallest absolute Gasteiger partial charge is 0.321 e. The number of nitrogens with one attached hydrogen (secondary N) is 1. The standard InChI is InChI=1S/C18H17N3O3/c1-21(12-14-4-2-3-13(9-14)11-19)18(22)20-15-5-6-16-17(10-15)24-8-7-23-16/h2-6,9-10H,7-8,12H2,1H3,(H,20,22). The zero-order chi connectivity index (χ0) is 16.9. The predicted octanol–water partition coefficient (Wildman–Crippen LogP) is 2.99. The van der Waals surface area contributed by atoms with Gasteiger partial charge in [0, 0.05) is 25.3 Å². The number of nitrogens with zero attached hydrogens (tertiary/aromatic N) is 2. The summed E-state index contributed by atoms with van der Waals surface area (Å²) in [7, 11) is 1.70. The van der Waals surface area contributed by atoms with E-state index in [1.54, 1.807) is 48.3 Å². The zero-order valence-corrected chi connectivity index (χ0v) is 13.3. The number of amides is 2. The summed E-state index contributed by atoms with van der Waals surface area (Å²) < 4.78 is 11.0. The van der Waals surface area contributed by atoms with Gasteiger partial charge in [0.15, 0.2) is 11.5 Å². The Kier molecular flexibility index (Phi) is 4.52. The van der Waals surface area contributed by atoms with Crippen LogP contribution in [0.5, 0.6) is 11.5 Å². The fourth-order valence-electron chi connectivity index (χ4n) is 2.42. The summed E-state index contributed by atoms with van der Waals surface area (Å²) in [6.07, 6.45) is 0. The predicted molar refractivity (Wildman–Crippen MR) is 89.1 cm³/mol. The van der Waals surface area contributed by atoms with E-state index < -0.39 is 0 Å². The Morgan fingerprint density at radius 1 is 1.21 bits per heavy atom. The quantitative estimate of drug-likeness (QED) is 0.942. The molecule has 0 bridgehead atoms. The highest BCUT2D eigenvalue weighted by Gasteiger charge is 2.14. The molecule has 2 amide bonds. The third-order valence-corrected chi connectivity index (χ3v) is 3.62. The molecule has 2 aromatic carbocycles. The summed E-state index contributed by atoms with van der Waals surface area (Å²) in [6, 6.07) is 14.3. The molecule has 6 heteroatoms. The van der Waals surface area contributed by atoms with Crippen molar-refractivity contribution in [1.82, 2.24) is 4.90 Å². The molecule has 6 nitrogen and oxygen atoms in total. The number of carbonyl (C=O) groups is 1. The number of anilines is 1. The number of carbonyl (C=O) groups excluding carboxylic acids is 1. The van der Waals surface area contributed by atoms with Gasteiger partial charge in [0.25, 0.3) is 0 Å². The number of nitriles is 1. The van der Waals surface area contributed by atoms with Gasteiger partial charge in [0.2, 0.25) is 0 Å². The van der Waals surface area contributed by atoms with Crippen LogP contribution >= 0.6 is 0 Å². The van der Waals surface area contributed by atoms with E-state index >= 15 is 0 Å². The molecule has 0 saturated carbocycles. The maximum atomic E-state index is 12.3. The van der Waals surface area contributed by atoms with Crippen molar-refractivity contribution in [3.63, 3.8) is 0 Å². The molecule has 0 atom stereocenters. The average molecular weight is 323 g/mol. The van der Waals surface area contributed by atoms with Gasteiger partial charge in [-0.2, -0.15) is 5.26 Å². The van der Waals surface area contributed by atoms with Gasteiger partial charge in [-0.15, -0.1) is 0 Å². The van der Waals surface area contributed by atoms with Gasteiger partial charge in [0.05, 0.1) is 11.6 Å². The van der Waals surface area contributed by atoms with Crippen molar-refractivity contribution in [2.75, 3.05) is 25.6 Å². The van der Waals surface area contributed by atoms with Gasteiger partial charge in [-0.3, -0.25) is 0 Å². The minimum atomic E-state index is -0.242. The number of benzene rings is 2. The molecule has 1 heterocycles. The molecule has 0 radical (unpaired) electrons. The first-order chi connectivity index (χ1) is 11.7. The van der Waals surface area contributed by atoms with Gasteiger partial charge in [0.1, 0.15) is 13.2 Å². The van der Waals surface area contributed by atoms with E-state index in [9.17, 15) is 4.79 Å². The van der Waals surface area contributed by atoms with Crippen molar-refractivity contribution in [3.8, 4) is 17.6 Å². The number of fused-ring (bicyclic) bond motifs is 1. The first kappa shape index (κ1) is 15.7. The van der Waals surface area contributed by atoms with Crippen LogP contribution in [0.4, 0.5) is 10.5 Å². The summed E-state index contributed by atoms with van der Waals surface area (Å²) in [4.78, 5) is 13.9. The van der Waals surface area contributed by atoms with Crippen LogP contribution in [0, 0.1) is 11.3 Å². The van der Waals surface area contributed by atoms with Gasteiger partial charge < -0.3 is 19.7 Å². The number of urea groups is 1. The molecule has 0 aliphatic carbocycles. The van der Waals surface area contributed by atoms with Crippen LogP contribution in [0.15, 0.2) is 42.5 Å². The lowest BCUT2D eigenvalue weighted by Crippen LogP contribution is -2.30. The molecular formula is C18H17N3O3. The Balaban J connectivity index is 1.64. The largest absolute Gasteiger partial charge is 0.486 e. The summed E-state index contributed by atoms with van der Waals surface area (Å²) in [5, 5.41) is 11.8. The van der Waals surface area contributed by atoms with E-state index in [0.717, 1.165) is 5.56 Å². The first-order valence-corrected chi connectivity index (χ1v) is 7.56. The minimum Gasteiger partial charge on any atom is -0.486 e. The van der Waals surface area contributed by atoms with Crippen molar-refractivity contribution in [2.24, 2.45) is 0 Å². The van der Waals surface area contributed by atoms with Crippen LogP contribution in [0.25, 0.3) is 0 Å². The second-order valence-electron chi connectivity index (χ2n) is 5.46. The van der Waals surface area contributed by atoms with Crippen LogP contribution in [0.1, 0.15) is 11.1 Å². The Bertz CT molecular complexity index is 798. The molecule has 0 unspecified atom stereocenters. The van der Waals surface area contributed by atoms with Crippen LogP contribution in [-0.2, 0) is 6.54 Å². The average Bonchev–Trinajstić information content (AvgIpc) is 2.61. The SMILES string of the molecule is CN(Cc1cccc(C#N)c1)C(=O)Nc1ccc2c(c1)OCCO2. The Hall–Kier alpha value is -3.20. The molecule has 24 heavy (non-hydrogen) atoms. The lowest BCUT2D eigenvalue weighted by Gasteiger charge is -2.21. The van der Waals surface area contributed by atoms with E-state index in [1.165, 1.54) is 0 Å². The van der Waals surface area contributed by atoms with E-state index in [0.29, 0.717) is 42.5 Å². The van der Waals surface area contributed by atoms with E-state index in [4.69, 9.17) is 14.7 Å². The van der Waals surface area contributed by atoms with Gasteiger partial charge >= 0.3 is 6.03 Å². The third kappa shape index (κ3) is 3.58. The third-order valence-electron chi connectivity index (χ3n) is 3.62. The molecule has 1 aliphatic rings. The fraction of sp³-hybridized carbons (Fsp3) is 0.222. The highest BCUT2D eigenvalue weighted by atomic mass is 16.6. The number of hydrogen-bond acceptors (Lipinski definition) is 4. The maximum absolute atomic E-state index is 12.3. The topological polar surface area (TPSA) is 74.6 Å². The van der Waals surface area contributed by atoms with Gasteiger partial charge in [-0.1, -0.05) is 12.1 Å². The molecule has 2 aromatic rings. The van der Waals surface area contributed by atoms with Crippen molar-refractivity contribution < 1.29 is 14.3 Å².